The van der Waals surface area contributed by atoms with Crippen LogP contribution < -0.4 is 4.74 Å². The van der Waals surface area contributed by atoms with E-state index < -0.39 is 0 Å². The molecule has 0 bridgehead atoms. The maximum atomic E-state index is 10.2. The molecule has 2 aliphatic rings. The summed E-state index contributed by atoms with van der Waals surface area (Å²) in [6.45, 7) is 0. The van der Waals surface area contributed by atoms with Crippen LogP contribution in [-0.4, -0.2) is 34.1 Å². The smallest absolute Gasteiger partial charge is 0.188 e. The summed E-state index contributed by atoms with van der Waals surface area (Å²) in [6.07, 6.45) is 3.76. The van der Waals surface area contributed by atoms with Crippen LogP contribution in [0.4, 0.5) is 0 Å². The van der Waals surface area contributed by atoms with Crippen molar-refractivity contribution in [2.24, 2.45) is 5.10 Å². The van der Waals surface area contributed by atoms with Crippen LogP contribution in [0.2, 0.25) is 0 Å². The van der Waals surface area contributed by atoms with Crippen molar-refractivity contribution in [2.75, 3.05) is 12.0 Å². The fourth-order valence-electron chi connectivity index (χ4n) is 3.40. The molecular formula is C19H20N2O2S. The van der Waals surface area contributed by atoms with E-state index in [0.29, 0.717) is 0 Å². The third-order valence-corrected chi connectivity index (χ3v) is 5.21. The number of hydrogen-bond donors (Lipinski definition) is 1. The Labute approximate surface area is 146 Å². The molecule has 0 spiro atoms. The molecule has 0 aromatic heterocycles. The number of ether oxygens (including phenoxy) is 1. The Kier molecular flexibility index (Phi) is 4.10. The molecule has 2 heterocycles. The number of thioether (sulfide) groups is 1. The molecular weight excluding hydrogens is 320 g/mol. The molecule has 0 aliphatic carbocycles. The van der Waals surface area contributed by atoms with Crippen LogP contribution in [0.5, 0.6) is 11.5 Å². The second kappa shape index (κ2) is 6.40. The van der Waals surface area contributed by atoms with E-state index in [9.17, 15) is 5.11 Å². The molecule has 2 aromatic rings. The minimum Gasteiger partial charge on any atom is -0.507 e. The lowest BCUT2D eigenvalue weighted by Crippen LogP contribution is -2.40. The number of hydrazone groups is 1. The van der Waals surface area contributed by atoms with Gasteiger partial charge in [0.2, 0.25) is 0 Å². The van der Waals surface area contributed by atoms with E-state index in [1.165, 1.54) is 5.56 Å². The van der Waals surface area contributed by atoms with Crippen molar-refractivity contribution in [2.45, 2.75) is 25.1 Å². The van der Waals surface area contributed by atoms with Gasteiger partial charge in [0, 0.05) is 24.0 Å². The van der Waals surface area contributed by atoms with Crippen molar-refractivity contribution >= 4 is 17.5 Å². The maximum Gasteiger partial charge on any atom is 0.188 e. The monoisotopic (exact) mass is 340 g/mol. The SMILES string of the molecule is CSCC[C@@H]1Oc2ccccc2[C@@H]2CC(c3ccccc3O)=NN12. The van der Waals surface area contributed by atoms with E-state index in [-0.39, 0.29) is 18.0 Å². The lowest BCUT2D eigenvalue weighted by atomic mass is 9.96. The van der Waals surface area contributed by atoms with Crippen molar-refractivity contribution in [3.05, 3.63) is 59.7 Å². The Morgan fingerprint density at radius 1 is 1.21 bits per heavy atom. The van der Waals surface area contributed by atoms with Gasteiger partial charge in [-0.1, -0.05) is 30.3 Å². The lowest BCUT2D eigenvalue weighted by Gasteiger charge is -2.38. The highest BCUT2D eigenvalue weighted by atomic mass is 32.2. The number of aromatic hydroxyl groups is 1. The standard InChI is InChI=1S/C19H20N2O2S/c1-24-11-10-19-21-16(14-7-3-5-9-18(14)23-19)12-15(20-21)13-6-2-4-8-17(13)22/h2-9,16,19,22H,10-12H2,1H3/t16-,19-/m0/s1. The molecule has 124 valence electrons. The number of rotatable bonds is 4. The summed E-state index contributed by atoms with van der Waals surface area (Å²) < 4.78 is 6.21. The second-order valence-corrected chi connectivity index (χ2v) is 7.04. The molecule has 0 unspecified atom stereocenters. The zero-order valence-electron chi connectivity index (χ0n) is 13.6. The topological polar surface area (TPSA) is 45.1 Å². The van der Waals surface area contributed by atoms with Crippen LogP contribution in [0.1, 0.15) is 30.0 Å². The van der Waals surface area contributed by atoms with Gasteiger partial charge in [-0.05, 0) is 30.2 Å². The van der Waals surface area contributed by atoms with Crippen molar-refractivity contribution in [1.82, 2.24) is 5.01 Å². The van der Waals surface area contributed by atoms with Gasteiger partial charge < -0.3 is 9.84 Å². The molecule has 2 aliphatic heterocycles. The van der Waals surface area contributed by atoms with Gasteiger partial charge in [0.25, 0.3) is 0 Å². The Balaban J connectivity index is 1.71. The first-order valence-electron chi connectivity index (χ1n) is 8.16. The largest absolute Gasteiger partial charge is 0.507 e. The Morgan fingerprint density at radius 3 is 2.83 bits per heavy atom. The van der Waals surface area contributed by atoms with E-state index in [1.54, 1.807) is 6.07 Å². The third kappa shape index (κ3) is 2.63. The van der Waals surface area contributed by atoms with E-state index in [2.05, 4.69) is 17.3 Å². The number of fused-ring (bicyclic) bond motifs is 3. The van der Waals surface area contributed by atoms with Gasteiger partial charge in [-0.2, -0.15) is 16.9 Å². The van der Waals surface area contributed by atoms with Gasteiger partial charge in [0.05, 0.1) is 11.8 Å². The second-order valence-electron chi connectivity index (χ2n) is 6.06. The molecule has 0 amide bonds. The first-order chi connectivity index (χ1) is 11.8. The van der Waals surface area contributed by atoms with Gasteiger partial charge in [0.1, 0.15) is 11.5 Å². The van der Waals surface area contributed by atoms with Crippen LogP contribution in [0.3, 0.4) is 0 Å². The third-order valence-electron chi connectivity index (χ3n) is 4.56. The van der Waals surface area contributed by atoms with Crippen LogP contribution >= 0.6 is 11.8 Å². The Hall–Kier alpha value is -2.14. The Bertz CT molecular complexity index is 777. The van der Waals surface area contributed by atoms with Gasteiger partial charge in [0.15, 0.2) is 6.23 Å². The molecule has 5 heteroatoms. The number of hydrogen-bond acceptors (Lipinski definition) is 5. The summed E-state index contributed by atoms with van der Waals surface area (Å²) in [5.41, 5.74) is 2.91. The van der Waals surface area contributed by atoms with Gasteiger partial charge in [-0.3, -0.25) is 5.01 Å². The molecule has 2 atom stereocenters. The molecule has 0 saturated carbocycles. The van der Waals surface area contributed by atoms with Crippen LogP contribution in [0.25, 0.3) is 0 Å². The fourth-order valence-corrected chi connectivity index (χ4v) is 3.84. The molecule has 24 heavy (non-hydrogen) atoms. The molecule has 4 rings (SSSR count). The van der Waals surface area contributed by atoms with E-state index in [0.717, 1.165) is 35.6 Å². The molecule has 0 fully saturated rings. The quantitative estimate of drug-likeness (QED) is 0.913. The number of phenols is 1. The number of phenolic OH excluding ortho intramolecular Hbond substituents is 1. The van der Waals surface area contributed by atoms with E-state index in [4.69, 9.17) is 9.84 Å². The fraction of sp³-hybridized carbons (Fsp3) is 0.316. The van der Waals surface area contributed by atoms with Gasteiger partial charge >= 0.3 is 0 Å². The van der Waals surface area contributed by atoms with Crippen molar-refractivity contribution in [3.8, 4) is 11.5 Å². The predicted octanol–water partition coefficient (Wildman–Crippen LogP) is 4.01. The highest BCUT2D eigenvalue weighted by Crippen LogP contribution is 2.44. The normalized spacial score (nSPS) is 21.7. The average Bonchev–Trinajstić information content (AvgIpc) is 3.05. The highest BCUT2D eigenvalue weighted by molar-refractivity contribution is 7.98. The van der Waals surface area contributed by atoms with E-state index >= 15 is 0 Å². The molecule has 2 aromatic carbocycles. The summed E-state index contributed by atoms with van der Waals surface area (Å²) >= 11 is 1.82. The summed E-state index contributed by atoms with van der Waals surface area (Å²) in [7, 11) is 0. The van der Waals surface area contributed by atoms with Crippen LogP contribution in [0, 0.1) is 0 Å². The van der Waals surface area contributed by atoms with Crippen LogP contribution in [0.15, 0.2) is 53.6 Å². The van der Waals surface area contributed by atoms with Crippen LogP contribution in [-0.2, 0) is 0 Å². The summed E-state index contributed by atoms with van der Waals surface area (Å²) in [6, 6.07) is 15.8. The maximum absolute atomic E-state index is 10.2. The minimum absolute atomic E-state index is 0.0549. The van der Waals surface area contributed by atoms with Crippen molar-refractivity contribution in [3.63, 3.8) is 0 Å². The Morgan fingerprint density at radius 2 is 2.00 bits per heavy atom. The zero-order chi connectivity index (χ0) is 16.5. The minimum atomic E-state index is -0.0549. The molecule has 0 radical (unpaired) electrons. The highest BCUT2D eigenvalue weighted by Gasteiger charge is 2.40. The molecule has 4 nitrogen and oxygen atoms in total. The van der Waals surface area contributed by atoms with Gasteiger partial charge in [-0.15, -0.1) is 0 Å². The lowest BCUT2D eigenvalue weighted by molar-refractivity contribution is -0.0180. The average molecular weight is 340 g/mol. The summed E-state index contributed by atoms with van der Waals surface area (Å²) in [5, 5.41) is 17.1. The first-order valence-corrected chi connectivity index (χ1v) is 9.56. The molecule has 1 N–H and O–H groups in total. The predicted molar refractivity (Wildman–Crippen MR) is 97.7 cm³/mol. The summed E-state index contributed by atoms with van der Waals surface area (Å²) in [4.78, 5) is 0. The number of para-hydroxylation sites is 2. The van der Waals surface area contributed by atoms with E-state index in [1.807, 2.05) is 48.2 Å². The van der Waals surface area contributed by atoms with Crippen molar-refractivity contribution < 1.29 is 9.84 Å². The van der Waals surface area contributed by atoms with Crippen molar-refractivity contribution in [1.29, 1.82) is 0 Å². The number of nitrogens with zero attached hydrogens (tertiary/aromatic N) is 2. The first kappa shape index (κ1) is 15.4. The van der Waals surface area contributed by atoms with Gasteiger partial charge in [-0.25, -0.2) is 0 Å². The summed E-state index contributed by atoms with van der Waals surface area (Å²) in [5.74, 6) is 2.27. The number of benzene rings is 2. The molecule has 0 saturated heterocycles. The zero-order valence-corrected chi connectivity index (χ0v) is 14.4.